The van der Waals surface area contributed by atoms with Crippen LogP contribution in [-0.2, 0) is 10.3 Å². The summed E-state index contributed by atoms with van der Waals surface area (Å²) in [7, 11) is 1.70. The molecule has 0 aliphatic heterocycles. The second-order valence-electron chi connectivity index (χ2n) is 5.18. The molecule has 0 unspecified atom stereocenters. The molecule has 3 aliphatic rings. The standard InChI is InChI=1S/C15H18O2/c1-17-14-9-7-12(8-10-14)11-15(14,16)13-5-3-2-4-6-13/h2-7,9,12,16H,8,10-11H2,1H3/t12-,14-,15+/m1/s1. The Morgan fingerprint density at radius 2 is 2.06 bits per heavy atom. The Hall–Kier alpha value is -1.12. The minimum Gasteiger partial charge on any atom is -0.382 e. The minimum atomic E-state index is -0.874. The second kappa shape index (κ2) is 3.69. The molecule has 0 heterocycles. The second-order valence-corrected chi connectivity index (χ2v) is 5.18. The molecule has 1 fully saturated rings. The fraction of sp³-hybridized carbons (Fsp3) is 0.467. The maximum absolute atomic E-state index is 11.1. The van der Waals surface area contributed by atoms with Crippen LogP contribution in [0.4, 0.5) is 0 Å². The molecule has 0 spiro atoms. The topological polar surface area (TPSA) is 29.5 Å². The van der Waals surface area contributed by atoms with Gasteiger partial charge in [0.2, 0.25) is 0 Å². The third-order valence-electron chi connectivity index (χ3n) is 4.40. The van der Waals surface area contributed by atoms with E-state index >= 15 is 0 Å². The number of rotatable bonds is 2. The van der Waals surface area contributed by atoms with Gasteiger partial charge in [-0.2, -0.15) is 0 Å². The summed E-state index contributed by atoms with van der Waals surface area (Å²) in [5, 5.41) is 11.1. The summed E-state index contributed by atoms with van der Waals surface area (Å²) < 4.78 is 5.70. The Balaban J connectivity index is 2.11. The molecule has 0 radical (unpaired) electrons. The predicted octanol–water partition coefficient (Wildman–Crippen LogP) is 2.63. The van der Waals surface area contributed by atoms with Gasteiger partial charge in [-0.3, -0.25) is 0 Å². The van der Waals surface area contributed by atoms with Crippen LogP contribution in [0, 0.1) is 5.92 Å². The zero-order valence-electron chi connectivity index (χ0n) is 10.1. The van der Waals surface area contributed by atoms with E-state index in [0.717, 1.165) is 24.8 Å². The van der Waals surface area contributed by atoms with Crippen LogP contribution < -0.4 is 0 Å². The van der Waals surface area contributed by atoms with Crippen LogP contribution in [0.2, 0.25) is 0 Å². The summed E-state index contributed by atoms with van der Waals surface area (Å²) in [6, 6.07) is 9.92. The van der Waals surface area contributed by atoms with E-state index < -0.39 is 11.2 Å². The van der Waals surface area contributed by atoms with E-state index in [1.807, 2.05) is 30.3 Å². The average molecular weight is 230 g/mol. The molecule has 0 saturated heterocycles. The van der Waals surface area contributed by atoms with E-state index in [4.69, 9.17) is 4.74 Å². The highest BCUT2D eigenvalue weighted by Gasteiger charge is 2.56. The average Bonchev–Trinajstić information content (AvgIpc) is 2.41. The van der Waals surface area contributed by atoms with Gasteiger partial charge in [-0.05, 0) is 30.7 Å². The van der Waals surface area contributed by atoms with E-state index in [9.17, 15) is 5.11 Å². The molecule has 0 amide bonds. The van der Waals surface area contributed by atoms with Crippen molar-refractivity contribution >= 4 is 0 Å². The van der Waals surface area contributed by atoms with Crippen molar-refractivity contribution in [2.24, 2.45) is 5.92 Å². The molecule has 17 heavy (non-hydrogen) atoms. The van der Waals surface area contributed by atoms with Crippen molar-refractivity contribution < 1.29 is 9.84 Å². The molecule has 3 aliphatic carbocycles. The van der Waals surface area contributed by atoms with E-state index in [2.05, 4.69) is 12.2 Å². The fourth-order valence-electron chi connectivity index (χ4n) is 3.35. The van der Waals surface area contributed by atoms with Crippen LogP contribution in [0.5, 0.6) is 0 Å². The number of ether oxygens (including phenoxy) is 1. The molecule has 2 nitrogen and oxygen atoms in total. The Labute approximate surface area is 102 Å². The molecule has 1 aromatic carbocycles. The number of methoxy groups -OCH3 is 1. The maximum atomic E-state index is 11.1. The fourth-order valence-corrected chi connectivity index (χ4v) is 3.35. The van der Waals surface area contributed by atoms with Crippen molar-refractivity contribution in [2.75, 3.05) is 7.11 Å². The molecule has 90 valence electrons. The first kappa shape index (κ1) is 11.0. The molecule has 2 bridgehead atoms. The number of fused-ring (bicyclic) bond motifs is 2. The summed E-state index contributed by atoms with van der Waals surface area (Å²) in [5.41, 5.74) is -0.444. The van der Waals surface area contributed by atoms with Crippen molar-refractivity contribution in [2.45, 2.75) is 30.5 Å². The first-order valence-corrected chi connectivity index (χ1v) is 6.23. The molecule has 1 N–H and O–H groups in total. The van der Waals surface area contributed by atoms with Gasteiger partial charge in [-0.15, -0.1) is 0 Å². The Kier molecular flexibility index (Phi) is 2.39. The first-order valence-electron chi connectivity index (χ1n) is 6.23. The van der Waals surface area contributed by atoms with Crippen molar-refractivity contribution in [3.05, 3.63) is 48.0 Å². The van der Waals surface area contributed by atoms with Crippen LogP contribution in [0.25, 0.3) is 0 Å². The van der Waals surface area contributed by atoms with Gasteiger partial charge in [0.25, 0.3) is 0 Å². The van der Waals surface area contributed by atoms with Gasteiger partial charge < -0.3 is 9.84 Å². The molecule has 3 atom stereocenters. The minimum absolute atomic E-state index is 0.484. The lowest BCUT2D eigenvalue weighted by atomic mass is 9.60. The lowest BCUT2D eigenvalue weighted by Crippen LogP contribution is -2.57. The number of benzene rings is 1. The van der Waals surface area contributed by atoms with Gasteiger partial charge in [-0.25, -0.2) is 0 Å². The van der Waals surface area contributed by atoms with E-state index in [-0.39, 0.29) is 0 Å². The van der Waals surface area contributed by atoms with Gasteiger partial charge >= 0.3 is 0 Å². The van der Waals surface area contributed by atoms with Gasteiger partial charge in [0.1, 0.15) is 11.2 Å². The highest BCUT2D eigenvalue weighted by atomic mass is 16.5. The van der Waals surface area contributed by atoms with Crippen LogP contribution in [-0.4, -0.2) is 17.8 Å². The number of hydrogen-bond acceptors (Lipinski definition) is 2. The van der Waals surface area contributed by atoms with Gasteiger partial charge in [0, 0.05) is 7.11 Å². The van der Waals surface area contributed by atoms with E-state index in [0.29, 0.717) is 5.92 Å². The highest BCUT2D eigenvalue weighted by Crippen LogP contribution is 2.53. The van der Waals surface area contributed by atoms with Crippen molar-refractivity contribution in [3.8, 4) is 0 Å². The van der Waals surface area contributed by atoms with Gasteiger partial charge in [-0.1, -0.05) is 42.5 Å². The summed E-state index contributed by atoms with van der Waals surface area (Å²) in [6.07, 6.45) is 7.04. The van der Waals surface area contributed by atoms with E-state index in [1.54, 1.807) is 7.11 Å². The normalized spacial score (nSPS) is 39.5. The quantitative estimate of drug-likeness (QED) is 0.791. The molecule has 4 rings (SSSR count). The van der Waals surface area contributed by atoms with Crippen LogP contribution >= 0.6 is 0 Å². The summed E-state index contributed by atoms with van der Waals surface area (Å²) >= 11 is 0. The molecular formula is C15H18O2. The highest BCUT2D eigenvalue weighted by molar-refractivity contribution is 5.34. The zero-order chi connectivity index (χ0) is 11.9. The molecule has 0 aromatic heterocycles. The zero-order valence-corrected chi connectivity index (χ0v) is 10.1. The largest absolute Gasteiger partial charge is 0.382 e. The summed E-state index contributed by atoms with van der Waals surface area (Å²) in [4.78, 5) is 0. The number of aliphatic hydroxyl groups is 1. The predicted molar refractivity (Wildman–Crippen MR) is 66.6 cm³/mol. The smallest absolute Gasteiger partial charge is 0.123 e. The summed E-state index contributed by atoms with van der Waals surface area (Å²) in [5.74, 6) is 0.484. The number of allylic oxidation sites excluding steroid dienone is 1. The van der Waals surface area contributed by atoms with Crippen LogP contribution in [0.1, 0.15) is 24.8 Å². The summed E-state index contributed by atoms with van der Waals surface area (Å²) in [6.45, 7) is 0. The van der Waals surface area contributed by atoms with Crippen molar-refractivity contribution in [1.82, 2.24) is 0 Å². The van der Waals surface area contributed by atoms with Gasteiger partial charge in [0.05, 0.1) is 0 Å². The van der Waals surface area contributed by atoms with E-state index in [1.165, 1.54) is 0 Å². The lowest BCUT2D eigenvalue weighted by molar-refractivity contribution is -0.185. The lowest BCUT2D eigenvalue weighted by Gasteiger charge is -2.53. The Bertz CT molecular complexity index is 439. The first-order chi connectivity index (χ1) is 8.20. The SMILES string of the molecule is CO[C@]12C=C[C@H](CC1)C[C@]2(O)c1ccccc1. The molecule has 1 saturated carbocycles. The molecule has 2 heteroatoms. The molecule has 1 aromatic rings. The monoisotopic (exact) mass is 230 g/mol. The third-order valence-corrected chi connectivity index (χ3v) is 4.40. The number of hydrogen-bond donors (Lipinski definition) is 1. The van der Waals surface area contributed by atoms with Crippen molar-refractivity contribution in [1.29, 1.82) is 0 Å². The maximum Gasteiger partial charge on any atom is 0.123 e. The molecular weight excluding hydrogens is 212 g/mol. The van der Waals surface area contributed by atoms with Crippen LogP contribution in [0.15, 0.2) is 42.5 Å². The Morgan fingerprint density at radius 3 is 2.65 bits per heavy atom. The van der Waals surface area contributed by atoms with Gasteiger partial charge in [0.15, 0.2) is 0 Å². The van der Waals surface area contributed by atoms with Crippen molar-refractivity contribution in [3.63, 3.8) is 0 Å². The third kappa shape index (κ3) is 1.41. The Morgan fingerprint density at radius 1 is 1.29 bits per heavy atom. The van der Waals surface area contributed by atoms with Crippen LogP contribution in [0.3, 0.4) is 0 Å².